The molecule has 2 radical (unpaired) electrons. The third-order valence-corrected chi connectivity index (χ3v) is 1.62. The Morgan fingerprint density at radius 1 is 1.33 bits per heavy atom. The predicted octanol–water partition coefficient (Wildman–Crippen LogP) is 0.131. The van der Waals surface area contributed by atoms with E-state index in [9.17, 15) is 0 Å². The van der Waals surface area contributed by atoms with E-state index >= 15 is 0 Å². The molecule has 9 heavy (non-hydrogen) atoms. The van der Waals surface area contributed by atoms with Gasteiger partial charge in [-0.3, -0.25) is 0 Å². The van der Waals surface area contributed by atoms with Crippen LogP contribution in [0.15, 0.2) is 0 Å². The Kier molecular flexibility index (Phi) is 3.01. The molecule has 0 atom stereocenters. The van der Waals surface area contributed by atoms with Crippen LogP contribution in [-0.4, -0.2) is 37.6 Å². The van der Waals surface area contributed by atoms with Gasteiger partial charge in [0.1, 0.15) is 0 Å². The van der Waals surface area contributed by atoms with E-state index in [0.717, 1.165) is 39.1 Å². The molecule has 0 amide bonds. The van der Waals surface area contributed by atoms with Gasteiger partial charge in [0.05, 0.1) is 0 Å². The van der Waals surface area contributed by atoms with Crippen LogP contribution in [0.25, 0.3) is 0 Å². The average Bonchev–Trinajstić information content (AvgIpc) is 1.91. The highest BCUT2D eigenvalue weighted by molar-refractivity contribution is 4.66. The number of hydrogen-bond donors (Lipinski definition) is 0. The third kappa shape index (κ3) is 2.33. The Hall–Kier alpha value is -0.0800. The number of nitrogens with zero attached hydrogens (tertiary/aromatic N) is 2. The van der Waals surface area contributed by atoms with Crippen LogP contribution < -0.4 is 5.32 Å². The molecule has 0 saturated carbocycles. The Balaban J connectivity index is 2.08. The largest absolute Gasteiger partial charge is 0.301 e. The average molecular weight is 126 g/mol. The number of rotatable bonds is 2. The van der Waals surface area contributed by atoms with Crippen LogP contribution in [0, 0.1) is 6.92 Å². The lowest BCUT2D eigenvalue weighted by atomic mass is 10.3. The quantitative estimate of drug-likeness (QED) is 0.514. The first-order chi connectivity index (χ1) is 4.43. The first-order valence-electron chi connectivity index (χ1n) is 3.58. The van der Waals surface area contributed by atoms with Crippen molar-refractivity contribution >= 4 is 0 Å². The minimum Gasteiger partial charge on any atom is -0.301 e. The van der Waals surface area contributed by atoms with Gasteiger partial charge in [-0.1, -0.05) is 6.92 Å². The molecule has 0 aliphatic carbocycles. The smallest absolute Gasteiger partial charge is 0.0261 e. The monoisotopic (exact) mass is 126 g/mol. The van der Waals surface area contributed by atoms with E-state index in [1.165, 1.54) is 0 Å². The summed E-state index contributed by atoms with van der Waals surface area (Å²) in [6.07, 6.45) is 1.03. The van der Waals surface area contributed by atoms with Crippen molar-refractivity contribution in [3.05, 3.63) is 6.92 Å². The summed E-state index contributed by atoms with van der Waals surface area (Å²) in [4.78, 5) is 2.42. The summed E-state index contributed by atoms with van der Waals surface area (Å²) in [6.45, 7) is 9.31. The highest BCUT2D eigenvalue weighted by Gasteiger charge is 2.07. The lowest BCUT2D eigenvalue weighted by Crippen LogP contribution is -2.40. The molecule has 1 fully saturated rings. The zero-order chi connectivity index (χ0) is 6.53. The second kappa shape index (κ2) is 3.85. The molecule has 2 nitrogen and oxygen atoms in total. The van der Waals surface area contributed by atoms with E-state index in [0.29, 0.717) is 0 Å². The molecule has 1 rings (SSSR count). The molecule has 0 aromatic carbocycles. The van der Waals surface area contributed by atoms with E-state index in [1.54, 1.807) is 0 Å². The van der Waals surface area contributed by atoms with E-state index < -0.39 is 0 Å². The van der Waals surface area contributed by atoms with Crippen molar-refractivity contribution in [1.82, 2.24) is 10.2 Å². The molecule has 0 bridgehead atoms. The lowest BCUT2D eigenvalue weighted by Gasteiger charge is -2.25. The molecule has 52 valence electrons. The Bertz CT molecular complexity index is 64.6. The van der Waals surface area contributed by atoms with Crippen molar-refractivity contribution in [3.8, 4) is 0 Å². The predicted molar refractivity (Wildman–Crippen MR) is 38.3 cm³/mol. The van der Waals surface area contributed by atoms with Gasteiger partial charge in [0.2, 0.25) is 0 Å². The van der Waals surface area contributed by atoms with Crippen LogP contribution in [0.4, 0.5) is 0 Å². The summed E-state index contributed by atoms with van der Waals surface area (Å²) in [5.41, 5.74) is 0. The highest BCUT2D eigenvalue weighted by Crippen LogP contribution is 1.93. The maximum atomic E-state index is 4.25. The molecule has 0 spiro atoms. The van der Waals surface area contributed by atoms with Crippen LogP contribution >= 0.6 is 0 Å². The SMILES string of the molecule is [CH2]CCN1CC[N]CC1. The van der Waals surface area contributed by atoms with Gasteiger partial charge in [0.25, 0.3) is 0 Å². The van der Waals surface area contributed by atoms with Gasteiger partial charge in [-0.15, -0.1) is 0 Å². The maximum absolute atomic E-state index is 4.25. The van der Waals surface area contributed by atoms with Crippen molar-refractivity contribution in [1.29, 1.82) is 0 Å². The third-order valence-electron chi connectivity index (χ3n) is 1.62. The van der Waals surface area contributed by atoms with Crippen LogP contribution in [0.2, 0.25) is 0 Å². The lowest BCUT2D eigenvalue weighted by molar-refractivity contribution is 0.242. The van der Waals surface area contributed by atoms with E-state index in [-0.39, 0.29) is 0 Å². The first kappa shape index (κ1) is 7.03. The molecule has 0 aromatic rings. The number of piperazine rings is 1. The summed E-state index contributed by atoms with van der Waals surface area (Å²) in [6, 6.07) is 0. The van der Waals surface area contributed by atoms with Gasteiger partial charge in [-0.2, -0.15) is 0 Å². The molecule has 1 aliphatic heterocycles. The summed E-state index contributed by atoms with van der Waals surface area (Å²) >= 11 is 0. The van der Waals surface area contributed by atoms with Crippen molar-refractivity contribution < 1.29 is 0 Å². The molecule has 0 N–H and O–H groups in total. The molecule has 0 unspecified atom stereocenters. The second-order valence-electron chi connectivity index (χ2n) is 2.37. The Labute approximate surface area is 57.2 Å². The van der Waals surface area contributed by atoms with Gasteiger partial charge in [0.15, 0.2) is 0 Å². The minimum atomic E-state index is 1.03. The van der Waals surface area contributed by atoms with Crippen LogP contribution in [-0.2, 0) is 0 Å². The molecular formula is C7H14N2. The topological polar surface area (TPSA) is 17.3 Å². The molecule has 1 heterocycles. The fourth-order valence-electron chi connectivity index (χ4n) is 1.10. The normalized spacial score (nSPS) is 22.3. The summed E-state index contributed by atoms with van der Waals surface area (Å²) in [5.74, 6) is 0. The van der Waals surface area contributed by atoms with Crippen LogP contribution in [0.5, 0.6) is 0 Å². The van der Waals surface area contributed by atoms with Gasteiger partial charge in [-0.25, -0.2) is 5.32 Å². The fraction of sp³-hybridized carbons (Fsp3) is 0.857. The van der Waals surface area contributed by atoms with Crippen molar-refractivity contribution in [3.63, 3.8) is 0 Å². The van der Waals surface area contributed by atoms with Crippen LogP contribution in [0.1, 0.15) is 6.42 Å². The standard InChI is InChI=1S/C7H14N2/c1-2-5-9-6-3-8-4-7-9/h1-7H2. The Morgan fingerprint density at radius 2 is 2.00 bits per heavy atom. The first-order valence-corrected chi connectivity index (χ1v) is 3.58. The molecule has 2 heteroatoms. The second-order valence-corrected chi connectivity index (χ2v) is 2.37. The zero-order valence-corrected chi connectivity index (χ0v) is 5.84. The van der Waals surface area contributed by atoms with E-state index in [4.69, 9.17) is 0 Å². The van der Waals surface area contributed by atoms with Gasteiger partial charge >= 0.3 is 0 Å². The highest BCUT2D eigenvalue weighted by atomic mass is 15.2. The van der Waals surface area contributed by atoms with Gasteiger partial charge in [0, 0.05) is 26.2 Å². The molecule has 1 aliphatic rings. The van der Waals surface area contributed by atoms with E-state index in [2.05, 4.69) is 17.1 Å². The molecule has 1 saturated heterocycles. The van der Waals surface area contributed by atoms with Crippen molar-refractivity contribution in [2.45, 2.75) is 6.42 Å². The fourth-order valence-corrected chi connectivity index (χ4v) is 1.10. The molecule has 0 aromatic heterocycles. The Morgan fingerprint density at radius 3 is 2.56 bits per heavy atom. The van der Waals surface area contributed by atoms with Crippen molar-refractivity contribution in [2.24, 2.45) is 0 Å². The number of hydrogen-bond acceptors (Lipinski definition) is 1. The van der Waals surface area contributed by atoms with Crippen LogP contribution in [0.3, 0.4) is 0 Å². The molecular weight excluding hydrogens is 112 g/mol. The van der Waals surface area contributed by atoms with Gasteiger partial charge < -0.3 is 4.90 Å². The minimum absolute atomic E-state index is 1.03. The summed E-state index contributed by atoms with van der Waals surface area (Å²) < 4.78 is 0. The van der Waals surface area contributed by atoms with Gasteiger partial charge in [-0.05, 0) is 13.0 Å². The summed E-state index contributed by atoms with van der Waals surface area (Å²) in [7, 11) is 0. The zero-order valence-electron chi connectivity index (χ0n) is 5.84. The summed E-state index contributed by atoms with van der Waals surface area (Å²) in [5, 5.41) is 4.25. The van der Waals surface area contributed by atoms with Crippen molar-refractivity contribution in [2.75, 3.05) is 32.7 Å². The van der Waals surface area contributed by atoms with E-state index in [1.807, 2.05) is 0 Å². The maximum Gasteiger partial charge on any atom is 0.0261 e.